The van der Waals surface area contributed by atoms with Gasteiger partial charge in [-0.25, -0.2) is 27.7 Å². The number of thiazole rings is 1. The molecule has 0 bridgehead atoms. The van der Waals surface area contributed by atoms with E-state index in [1.54, 1.807) is 15.6 Å². The Labute approximate surface area is 183 Å². The van der Waals surface area contributed by atoms with E-state index in [4.69, 9.17) is 0 Å². The molecule has 9 heteroatoms. The number of aryl methyl sites for hydroxylation is 2. The lowest BCUT2D eigenvalue weighted by Gasteiger charge is -2.34. The average molecular weight is 450 g/mol. The molecule has 0 aromatic carbocycles. The van der Waals surface area contributed by atoms with E-state index in [-0.39, 0.29) is 5.25 Å². The van der Waals surface area contributed by atoms with Gasteiger partial charge in [-0.1, -0.05) is 19.3 Å². The van der Waals surface area contributed by atoms with E-state index < -0.39 is 10.0 Å². The molecule has 1 N–H and O–H groups in total. The Morgan fingerprint density at radius 1 is 1.10 bits per heavy atom. The van der Waals surface area contributed by atoms with Gasteiger partial charge in [0, 0.05) is 35.9 Å². The molecule has 0 spiro atoms. The third-order valence-corrected chi connectivity index (χ3v) is 9.38. The first-order chi connectivity index (χ1) is 14.4. The van der Waals surface area contributed by atoms with Crippen molar-refractivity contribution < 1.29 is 8.42 Å². The van der Waals surface area contributed by atoms with Crippen molar-refractivity contribution in [2.24, 2.45) is 5.92 Å². The van der Waals surface area contributed by atoms with Crippen LogP contribution in [0.15, 0.2) is 12.3 Å². The second-order valence-corrected chi connectivity index (χ2v) is 12.0. The summed E-state index contributed by atoms with van der Waals surface area (Å²) in [5, 5.41) is 3.95. The Morgan fingerprint density at radius 2 is 1.83 bits per heavy atom. The minimum Gasteiger partial charge on any atom is -0.316 e. The zero-order chi connectivity index (χ0) is 21.1. The molecule has 4 rings (SSSR count). The van der Waals surface area contributed by atoms with Crippen molar-refractivity contribution in [3.63, 3.8) is 0 Å². The van der Waals surface area contributed by atoms with Crippen molar-refractivity contribution >= 4 is 32.3 Å². The first-order valence-corrected chi connectivity index (χ1v) is 13.2. The van der Waals surface area contributed by atoms with Crippen LogP contribution < -0.4 is 5.32 Å². The van der Waals surface area contributed by atoms with Crippen molar-refractivity contribution in [2.45, 2.75) is 70.5 Å². The lowest BCUT2D eigenvalue weighted by molar-refractivity contribution is 0.267. The highest BCUT2D eigenvalue weighted by Crippen LogP contribution is 2.30. The number of hydrogen-bond acceptors (Lipinski definition) is 7. The van der Waals surface area contributed by atoms with Gasteiger partial charge in [-0.3, -0.25) is 0 Å². The number of anilines is 2. The second-order valence-electron chi connectivity index (χ2n) is 8.54. The van der Waals surface area contributed by atoms with Gasteiger partial charge in [-0.15, -0.1) is 11.3 Å². The number of nitrogens with one attached hydrogen (secondary N) is 1. The van der Waals surface area contributed by atoms with Gasteiger partial charge in [0.05, 0.1) is 5.25 Å². The zero-order valence-electron chi connectivity index (χ0n) is 17.8. The van der Waals surface area contributed by atoms with Crippen LogP contribution in [0.1, 0.15) is 61.3 Å². The third kappa shape index (κ3) is 5.18. The Morgan fingerprint density at radius 3 is 2.50 bits per heavy atom. The zero-order valence-corrected chi connectivity index (χ0v) is 19.4. The molecule has 1 saturated carbocycles. The van der Waals surface area contributed by atoms with Gasteiger partial charge < -0.3 is 5.32 Å². The van der Waals surface area contributed by atoms with Crippen LogP contribution >= 0.6 is 11.3 Å². The number of nitrogens with zero attached hydrogens (tertiary/aromatic N) is 4. The van der Waals surface area contributed by atoms with Gasteiger partial charge in [0.2, 0.25) is 10.0 Å². The van der Waals surface area contributed by atoms with E-state index >= 15 is 0 Å². The van der Waals surface area contributed by atoms with Gasteiger partial charge in [-0.05, 0) is 51.9 Å². The molecule has 0 atom stereocenters. The van der Waals surface area contributed by atoms with Crippen LogP contribution in [0, 0.1) is 19.8 Å². The van der Waals surface area contributed by atoms with Crippen LogP contribution in [0.2, 0.25) is 0 Å². The monoisotopic (exact) mass is 449 g/mol. The molecule has 2 fully saturated rings. The van der Waals surface area contributed by atoms with Crippen LogP contribution in [0.5, 0.6) is 0 Å². The maximum absolute atomic E-state index is 13.0. The lowest BCUT2D eigenvalue weighted by Crippen LogP contribution is -2.44. The molecule has 164 valence electrons. The van der Waals surface area contributed by atoms with E-state index in [0.717, 1.165) is 72.3 Å². The van der Waals surface area contributed by atoms with Crippen molar-refractivity contribution in [1.29, 1.82) is 0 Å². The summed E-state index contributed by atoms with van der Waals surface area (Å²) in [5.41, 5.74) is 1.01. The largest absolute Gasteiger partial charge is 0.316 e. The summed E-state index contributed by atoms with van der Waals surface area (Å²) in [6, 6.07) is 1.99. The summed E-state index contributed by atoms with van der Waals surface area (Å²) in [6.07, 6.45) is 9.41. The lowest BCUT2D eigenvalue weighted by atomic mass is 9.93. The van der Waals surface area contributed by atoms with Crippen LogP contribution in [0.3, 0.4) is 0 Å². The SMILES string of the molecule is Cc1nc(CC2CCN(S(=O)(=O)C3CCCCC3)CC2)cc(Nc2ncc(C)s2)n1. The molecular weight excluding hydrogens is 418 g/mol. The molecule has 3 heterocycles. The van der Waals surface area contributed by atoms with Crippen molar-refractivity contribution in [3.05, 3.63) is 28.7 Å². The molecule has 2 aromatic rings. The Bertz CT molecular complexity index is 962. The topological polar surface area (TPSA) is 88.1 Å². The van der Waals surface area contributed by atoms with E-state index in [1.165, 1.54) is 6.42 Å². The minimum absolute atomic E-state index is 0.157. The molecule has 0 unspecified atom stereocenters. The van der Waals surface area contributed by atoms with E-state index in [0.29, 0.717) is 19.0 Å². The summed E-state index contributed by atoms with van der Waals surface area (Å²) in [5.74, 6) is 1.96. The highest BCUT2D eigenvalue weighted by atomic mass is 32.2. The van der Waals surface area contributed by atoms with Gasteiger partial charge in [-0.2, -0.15) is 0 Å². The van der Waals surface area contributed by atoms with Gasteiger partial charge in [0.1, 0.15) is 11.6 Å². The molecule has 30 heavy (non-hydrogen) atoms. The number of piperidine rings is 1. The normalized spacial score (nSPS) is 19.8. The summed E-state index contributed by atoms with van der Waals surface area (Å²) in [7, 11) is -3.14. The maximum atomic E-state index is 13.0. The van der Waals surface area contributed by atoms with Crippen molar-refractivity contribution in [1.82, 2.24) is 19.3 Å². The quantitative estimate of drug-likeness (QED) is 0.711. The first-order valence-electron chi connectivity index (χ1n) is 10.9. The van der Waals surface area contributed by atoms with Crippen LogP contribution in [-0.4, -0.2) is 46.0 Å². The highest BCUT2D eigenvalue weighted by Gasteiger charge is 2.35. The number of rotatable bonds is 6. The average Bonchev–Trinajstić information content (AvgIpc) is 3.13. The van der Waals surface area contributed by atoms with E-state index in [9.17, 15) is 8.42 Å². The Kier molecular flexibility index (Phi) is 6.69. The van der Waals surface area contributed by atoms with Gasteiger partial charge in [0.15, 0.2) is 5.13 Å². The third-order valence-electron chi connectivity index (χ3n) is 6.15. The van der Waals surface area contributed by atoms with E-state index in [1.807, 2.05) is 26.1 Å². The van der Waals surface area contributed by atoms with Crippen molar-refractivity contribution in [2.75, 3.05) is 18.4 Å². The first kappa shape index (κ1) is 21.6. The second kappa shape index (κ2) is 9.28. The number of sulfonamides is 1. The standard InChI is InChI=1S/C21H31N5O2S2/c1-15-14-22-21(29-15)25-20-13-18(23-16(2)24-20)12-17-8-10-26(11-9-17)30(27,28)19-6-4-3-5-7-19/h13-14,17,19H,3-12H2,1-2H3,(H,22,23,24,25). The molecule has 1 aliphatic carbocycles. The summed E-state index contributed by atoms with van der Waals surface area (Å²) in [6.45, 7) is 5.20. The minimum atomic E-state index is -3.14. The van der Waals surface area contributed by atoms with E-state index in [2.05, 4.69) is 20.3 Å². The molecule has 1 aliphatic heterocycles. The fourth-order valence-electron chi connectivity index (χ4n) is 4.56. The highest BCUT2D eigenvalue weighted by molar-refractivity contribution is 7.89. The van der Waals surface area contributed by atoms with Crippen LogP contribution in [0.4, 0.5) is 10.9 Å². The Balaban J connectivity index is 1.35. The van der Waals surface area contributed by atoms with Crippen LogP contribution in [0.25, 0.3) is 0 Å². The molecule has 2 aliphatic rings. The molecule has 2 aromatic heterocycles. The number of aromatic nitrogens is 3. The van der Waals surface area contributed by atoms with Crippen LogP contribution in [-0.2, 0) is 16.4 Å². The maximum Gasteiger partial charge on any atom is 0.216 e. The van der Waals surface area contributed by atoms with Gasteiger partial charge in [0.25, 0.3) is 0 Å². The summed E-state index contributed by atoms with van der Waals surface area (Å²) in [4.78, 5) is 14.6. The summed E-state index contributed by atoms with van der Waals surface area (Å²) < 4.78 is 27.7. The molecule has 1 saturated heterocycles. The fraction of sp³-hybridized carbons (Fsp3) is 0.667. The molecule has 0 amide bonds. The molecule has 0 radical (unpaired) electrons. The smallest absolute Gasteiger partial charge is 0.216 e. The molecule has 7 nitrogen and oxygen atoms in total. The van der Waals surface area contributed by atoms with Crippen molar-refractivity contribution in [3.8, 4) is 0 Å². The fourth-order valence-corrected chi connectivity index (χ4v) is 7.30. The number of hydrogen-bond donors (Lipinski definition) is 1. The predicted molar refractivity (Wildman–Crippen MR) is 121 cm³/mol. The van der Waals surface area contributed by atoms with Gasteiger partial charge >= 0.3 is 0 Å². The Hall–Kier alpha value is -1.58. The molecular formula is C21H31N5O2S2. The summed E-state index contributed by atoms with van der Waals surface area (Å²) >= 11 is 1.60. The predicted octanol–water partition coefficient (Wildman–Crippen LogP) is 4.21.